The van der Waals surface area contributed by atoms with Gasteiger partial charge in [0.15, 0.2) is 0 Å². The highest BCUT2D eigenvalue weighted by Crippen LogP contribution is 2.13. The molecule has 3 heteroatoms. The van der Waals surface area contributed by atoms with Crippen LogP contribution < -0.4 is 0 Å². The molecule has 2 rings (SSSR count). The van der Waals surface area contributed by atoms with Gasteiger partial charge in [0.2, 0.25) is 0 Å². The normalized spacial score (nSPS) is 10.6. The standard InChI is InChI=1S/C19H21FN2/c1-2-3-11-22(15-18-5-4-6-19(20)12-18)14-17-9-7-16(13-21)8-10-17/h4-10,12H,2-3,11,14-15H2,1H3. The molecule has 0 radical (unpaired) electrons. The third-order valence-corrected chi connectivity index (χ3v) is 3.61. The number of hydrogen-bond donors (Lipinski definition) is 0. The second kappa shape index (κ2) is 8.31. The van der Waals surface area contributed by atoms with Crippen molar-refractivity contribution >= 4 is 0 Å². The Kier molecular flexibility index (Phi) is 6.12. The number of hydrogen-bond acceptors (Lipinski definition) is 2. The maximum Gasteiger partial charge on any atom is 0.123 e. The third kappa shape index (κ3) is 4.98. The van der Waals surface area contributed by atoms with Gasteiger partial charge in [-0.25, -0.2) is 4.39 Å². The summed E-state index contributed by atoms with van der Waals surface area (Å²) in [7, 11) is 0. The molecule has 0 aromatic heterocycles. The maximum absolute atomic E-state index is 13.3. The van der Waals surface area contributed by atoms with Crippen LogP contribution in [-0.4, -0.2) is 11.4 Å². The van der Waals surface area contributed by atoms with Gasteiger partial charge in [-0.2, -0.15) is 5.26 Å². The van der Waals surface area contributed by atoms with E-state index < -0.39 is 0 Å². The van der Waals surface area contributed by atoms with E-state index in [2.05, 4.69) is 17.9 Å². The zero-order chi connectivity index (χ0) is 15.8. The van der Waals surface area contributed by atoms with Crippen LogP contribution in [-0.2, 0) is 13.1 Å². The first kappa shape index (κ1) is 16.2. The minimum atomic E-state index is -0.189. The van der Waals surface area contributed by atoms with Crippen LogP contribution in [0.1, 0.15) is 36.5 Å². The lowest BCUT2D eigenvalue weighted by molar-refractivity contribution is 0.252. The van der Waals surface area contributed by atoms with Crippen molar-refractivity contribution in [3.8, 4) is 6.07 Å². The van der Waals surface area contributed by atoms with Crippen LogP contribution >= 0.6 is 0 Å². The van der Waals surface area contributed by atoms with Gasteiger partial charge in [0.1, 0.15) is 5.82 Å². The molecule has 2 aromatic carbocycles. The van der Waals surface area contributed by atoms with E-state index >= 15 is 0 Å². The van der Waals surface area contributed by atoms with Crippen LogP contribution in [0.3, 0.4) is 0 Å². The summed E-state index contributed by atoms with van der Waals surface area (Å²) in [6.45, 7) is 4.69. The Balaban J connectivity index is 2.06. The lowest BCUT2D eigenvalue weighted by Gasteiger charge is -2.22. The van der Waals surface area contributed by atoms with Gasteiger partial charge in [-0.3, -0.25) is 4.90 Å². The molecular weight excluding hydrogens is 275 g/mol. The summed E-state index contributed by atoms with van der Waals surface area (Å²) < 4.78 is 13.3. The summed E-state index contributed by atoms with van der Waals surface area (Å²) in [5, 5.41) is 8.85. The predicted octanol–water partition coefficient (Wildman–Crippen LogP) is 4.50. The van der Waals surface area contributed by atoms with Gasteiger partial charge in [0.05, 0.1) is 11.6 Å². The van der Waals surface area contributed by atoms with Crippen LogP contribution in [0.15, 0.2) is 48.5 Å². The van der Waals surface area contributed by atoms with E-state index in [1.807, 2.05) is 30.3 Å². The third-order valence-electron chi connectivity index (χ3n) is 3.61. The molecule has 0 bridgehead atoms. The fourth-order valence-electron chi connectivity index (χ4n) is 2.43. The number of benzene rings is 2. The van der Waals surface area contributed by atoms with Crippen molar-refractivity contribution < 1.29 is 4.39 Å². The van der Waals surface area contributed by atoms with Crippen LogP contribution in [0.2, 0.25) is 0 Å². The molecule has 2 nitrogen and oxygen atoms in total. The first-order valence-electron chi connectivity index (χ1n) is 7.67. The molecule has 0 N–H and O–H groups in total. The summed E-state index contributed by atoms with van der Waals surface area (Å²) in [6.07, 6.45) is 2.25. The average molecular weight is 296 g/mol. The monoisotopic (exact) mass is 296 g/mol. The quantitative estimate of drug-likeness (QED) is 0.752. The van der Waals surface area contributed by atoms with Crippen LogP contribution in [0.25, 0.3) is 0 Å². The largest absolute Gasteiger partial charge is 0.295 e. The fourth-order valence-corrected chi connectivity index (χ4v) is 2.43. The number of halogens is 1. The topological polar surface area (TPSA) is 27.0 Å². The van der Waals surface area contributed by atoms with E-state index in [9.17, 15) is 4.39 Å². The lowest BCUT2D eigenvalue weighted by Crippen LogP contribution is -2.24. The summed E-state index contributed by atoms with van der Waals surface area (Å²) in [5.74, 6) is -0.189. The first-order valence-corrected chi connectivity index (χ1v) is 7.67. The first-order chi connectivity index (χ1) is 10.7. The molecule has 22 heavy (non-hydrogen) atoms. The van der Waals surface area contributed by atoms with Crippen molar-refractivity contribution in [2.24, 2.45) is 0 Å². The summed E-state index contributed by atoms with van der Waals surface area (Å²) >= 11 is 0. The molecule has 0 aliphatic carbocycles. The molecule has 0 saturated carbocycles. The second-order valence-electron chi connectivity index (χ2n) is 5.50. The molecule has 0 unspecified atom stereocenters. The van der Waals surface area contributed by atoms with Crippen molar-refractivity contribution in [2.45, 2.75) is 32.9 Å². The molecule has 0 amide bonds. The zero-order valence-corrected chi connectivity index (χ0v) is 12.9. The lowest BCUT2D eigenvalue weighted by atomic mass is 10.1. The van der Waals surface area contributed by atoms with Gasteiger partial charge in [0.25, 0.3) is 0 Å². The molecule has 114 valence electrons. The summed E-state index contributed by atoms with van der Waals surface area (Å²) in [6, 6.07) is 16.6. The molecule has 0 heterocycles. The minimum Gasteiger partial charge on any atom is -0.295 e. The fraction of sp³-hybridized carbons (Fsp3) is 0.316. The Morgan fingerprint density at radius 3 is 2.41 bits per heavy atom. The molecule has 0 aliphatic heterocycles. The highest BCUT2D eigenvalue weighted by Gasteiger charge is 2.07. The Hall–Kier alpha value is -2.18. The molecular formula is C19H21FN2. The van der Waals surface area contributed by atoms with E-state index in [1.54, 1.807) is 12.1 Å². The van der Waals surface area contributed by atoms with Gasteiger partial charge >= 0.3 is 0 Å². The Morgan fingerprint density at radius 1 is 1.05 bits per heavy atom. The van der Waals surface area contributed by atoms with Crippen LogP contribution in [0, 0.1) is 17.1 Å². The summed E-state index contributed by atoms with van der Waals surface area (Å²) in [4.78, 5) is 2.32. The van der Waals surface area contributed by atoms with E-state index in [0.717, 1.165) is 38.0 Å². The van der Waals surface area contributed by atoms with Crippen LogP contribution in [0.5, 0.6) is 0 Å². The van der Waals surface area contributed by atoms with Crippen molar-refractivity contribution in [3.05, 3.63) is 71.0 Å². The molecule has 0 atom stereocenters. The molecule has 0 aliphatic rings. The van der Waals surface area contributed by atoms with Crippen LogP contribution in [0.4, 0.5) is 4.39 Å². The Labute approximate surface area is 131 Å². The smallest absolute Gasteiger partial charge is 0.123 e. The number of nitriles is 1. The Morgan fingerprint density at radius 2 is 1.77 bits per heavy atom. The van der Waals surface area contributed by atoms with E-state index in [4.69, 9.17) is 5.26 Å². The average Bonchev–Trinajstić information content (AvgIpc) is 2.53. The van der Waals surface area contributed by atoms with Crippen molar-refractivity contribution in [1.29, 1.82) is 5.26 Å². The molecule has 0 spiro atoms. The summed E-state index contributed by atoms with van der Waals surface area (Å²) in [5.41, 5.74) is 2.84. The highest BCUT2D eigenvalue weighted by molar-refractivity contribution is 5.31. The molecule has 2 aromatic rings. The number of nitrogens with zero attached hydrogens (tertiary/aromatic N) is 2. The van der Waals surface area contributed by atoms with E-state index in [0.29, 0.717) is 5.56 Å². The van der Waals surface area contributed by atoms with Gasteiger partial charge in [-0.05, 0) is 48.4 Å². The van der Waals surface area contributed by atoms with Gasteiger partial charge in [-0.15, -0.1) is 0 Å². The van der Waals surface area contributed by atoms with Gasteiger partial charge in [-0.1, -0.05) is 37.6 Å². The molecule has 0 fully saturated rings. The predicted molar refractivity (Wildman–Crippen MR) is 86.6 cm³/mol. The maximum atomic E-state index is 13.3. The number of unbranched alkanes of at least 4 members (excludes halogenated alkanes) is 1. The second-order valence-corrected chi connectivity index (χ2v) is 5.50. The Bertz CT molecular complexity index is 629. The SMILES string of the molecule is CCCCN(Cc1ccc(C#N)cc1)Cc1cccc(F)c1. The van der Waals surface area contributed by atoms with E-state index in [1.165, 1.54) is 11.6 Å². The van der Waals surface area contributed by atoms with Crippen molar-refractivity contribution in [3.63, 3.8) is 0 Å². The zero-order valence-electron chi connectivity index (χ0n) is 12.9. The van der Waals surface area contributed by atoms with Crippen molar-refractivity contribution in [1.82, 2.24) is 4.90 Å². The highest BCUT2D eigenvalue weighted by atomic mass is 19.1. The number of rotatable bonds is 7. The minimum absolute atomic E-state index is 0.189. The van der Waals surface area contributed by atoms with Gasteiger partial charge in [0, 0.05) is 13.1 Å². The van der Waals surface area contributed by atoms with E-state index in [-0.39, 0.29) is 5.82 Å². The van der Waals surface area contributed by atoms with Gasteiger partial charge < -0.3 is 0 Å². The molecule has 0 saturated heterocycles. The van der Waals surface area contributed by atoms with Crippen molar-refractivity contribution in [2.75, 3.05) is 6.54 Å².